The highest BCUT2D eigenvalue weighted by atomic mass is 16.5. The Kier molecular flexibility index (Phi) is 1.88. The third kappa shape index (κ3) is 1.16. The summed E-state index contributed by atoms with van der Waals surface area (Å²) in [5.74, 6) is 0.912. The van der Waals surface area contributed by atoms with Crippen molar-refractivity contribution in [3.05, 3.63) is 23.3 Å². The molecule has 13 heavy (non-hydrogen) atoms. The fraction of sp³-hybridized carbons (Fsp3) is 0.400. The molecule has 0 saturated heterocycles. The van der Waals surface area contributed by atoms with Crippen LogP contribution in [0.2, 0.25) is 0 Å². The Hall–Kier alpha value is -1.22. The van der Waals surface area contributed by atoms with Crippen molar-refractivity contribution in [3.8, 4) is 5.75 Å². The quantitative estimate of drug-likeness (QED) is 0.636. The van der Waals surface area contributed by atoms with E-state index in [1.807, 2.05) is 12.1 Å². The second-order valence-electron chi connectivity index (χ2n) is 3.33. The average Bonchev–Trinajstić information content (AvgIpc) is 2.50. The van der Waals surface area contributed by atoms with Crippen LogP contribution in [0.25, 0.3) is 0 Å². The summed E-state index contributed by atoms with van der Waals surface area (Å²) in [6.07, 6.45) is 0.954. The summed E-state index contributed by atoms with van der Waals surface area (Å²) in [5, 5.41) is 0. The maximum absolute atomic E-state index is 5.87. The van der Waals surface area contributed by atoms with E-state index in [9.17, 15) is 0 Å². The number of rotatable bonds is 1. The number of nitrogen functional groups attached to an aromatic ring is 1. The molecule has 1 aliphatic rings. The Morgan fingerprint density at radius 3 is 3.00 bits per heavy atom. The normalized spacial score (nSPS) is 19.7. The summed E-state index contributed by atoms with van der Waals surface area (Å²) in [4.78, 5) is 0. The van der Waals surface area contributed by atoms with Gasteiger partial charge in [-0.3, -0.25) is 0 Å². The van der Waals surface area contributed by atoms with Crippen LogP contribution in [0.1, 0.15) is 24.1 Å². The van der Waals surface area contributed by atoms with Crippen molar-refractivity contribution in [2.24, 2.45) is 5.73 Å². The number of nitrogens with two attached hydrogens (primary N) is 2. The molecule has 0 saturated carbocycles. The largest absolute Gasteiger partial charge is 0.491 e. The van der Waals surface area contributed by atoms with Gasteiger partial charge >= 0.3 is 0 Å². The first-order valence-electron chi connectivity index (χ1n) is 4.53. The Morgan fingerprint density at radius 1 is 1.54 bits per heavy atom. The van der Waals surface area contributed by atoms with Crippen LogP contribution in [0.4, 0.5) is 5.69 Å². The van der Waals surface area contributed by atoms with E-state index in [0.717, 1.165) is 23.4 Å². The summed E-state index contributed by atoms with van der Waals surface area (Å²) in [7, 11) is 0. The molecule has 0 aliphatic carbocycles. The van der Waals surface area contributed by atoms with Gasteiger partial charge in [0.25, 0.3) is 0 Å². The van der Waals surface area contributed by atoms with Gasteiger partial charge in [0.1, 0.15) is 12.4 Å². The van der Waals surface area contributed by atoms with Crippen molar-refractivity contribution in [2.45, 2.75) is 19.4 Å². The summed E-state index contributed by atoms with van der Waals surface area (Å²) in [6, 6.07) is 3.86. The second-order valence-corrected chi connectivity index (χ2v) is 3.33. The van der Waals surface area contributed by atoms with E-state index < -0.39 is 0 Å². The van der Waals surface area contributed by atoms with Crippen molar-refractivity contribution in [1.29, 1.82) is 0 Å². The van der Waals surface area contributed by atoms with Crippen molar-refractivity contribution in [3.63, 3.8) is 0 Å². The van der Waals surface area contributed by atoms with Crippen LogP contribution in [0.3, 0.4) is 0 Å². The van der Waals surface area contributed by atoms with E-state index >= 15 is 0 Å². The van der Waals surface area contributed by atoms with Crippen molar-refractivity contribution < 1.29 is 4.74 Å². The topological polar surface area (TPSA) is 61.3 Å². The first kappa shape index (κ1) is 8.38. The van der Waals surface area contributed by atoms with Crippen LogP contribution in [0, 0.1) is 0 Å². The van der Waals surface area contributed by atoms with Crippen LogP contribution in [-0.4, -0.2) is 6.61 Å². The first-order chi connectivity index (χ1) is 6.24. The number of hydrogen-bond acceptors (Lipinski definition) is 3. The highest BCUT2D eigenvalue weighted by Gasteiger charge is 2.25. The fourth-order valence-corrected chi connectivity index (χ4v) is 1.75. The predicted octanol–water partition coefficient (Wildman–Crippen LogP) is 1.22. The lowest BCUT2D eigenvalue weighted by Gasteiger charge is -2.08. The summed E-state index contributed by atoms with van der Waals surface area (Å²) >= 11 is 0. The Morgan fingerprint density at radius 2 is 2.31 bits per heavy atom. The molecule has 0 fully saturated rings. The highest BCUT2D eigenvalue weighted by Crippen LogP contribution is 2.38. The third-order valence-electron chi connectivity index (χ3n) is 2.47. The van der Waals surface area contributed by atoms with E-state index in [4.69, 9.17) is 16.2 Å². The first-order valence-corrected chi connectivity index (χ1v) is 4.53. The third-order valence-corrected chi connectivity index (χ3v) is 2.47. The van der Waals surface area contributed by atoms with E-state index in [-0.39, 0.29) is 6.04 Å². The highest BCUT2D eigenvalue weighted by molar-refractivity contribution is 5.61. The molecule has 1 aromatic rings. The second kappa shape index (κ2) is 2.92. The molecule has 3 heteroatoms. The fourth-order valence-electron chi connectivity index (χ4n) is 1.75. The molecule has 0 bridgehead atoms. The molecule has 1 heterocycles. The van der Waals surface area contributed by atoms with E-state index in [1.54, 1.807) is 0 Å². The average molecular weight is 178 g/mol. The number of ether oxygens (including phenoxy) is 1. The molecule has 0 radical (unpaired) electrons. The molecule has 0 unspecified atom stereocenters. The monoisotopic (exact) mass is 178 g/mol. The van der Waals surface area contributed by atoms with E-state index in [1.165, 1.54) is 5.56 Å². The lowest BCUT2D eigenvalue weighted by molar-refractivity contribution is 0.331. The van der Waals surface area contributed by atoms with Crippen molar-refractivity contribution in [2.75, 3.05) is 12.3 Å². The van der Waals surface area contributed by atoms with Gasteiger partial charge in [-0.2, -0.15) is 0 Å². The zero-order valence-corrected chi connectivity index (χ0v) is 7.71. The number of fused-ring (bicyclic) bond motifs is 1. The van der Waals surface area contributed by atoms with Crippen molar-refractivity contribution >= 4 is 5.69 Å². The number of benzene rings is 1. The van der Waals surface area contributed by atoms with E-state index in [0.29, 0.717) is 6.61 Å². The van der Waals surface area contributed by atoms with Crippen LogP contribution in [0.5, 0.6) is 5.75 Å². The minimum atomic E-state index is -0.0542. The van der Waals surface area contributed by atoms with Crippen LogP contribution in [0.15, 0.2) is 12.1 Å². The van der Waals surface area contributed by atoms with Gasteiger partial charge in [-0.15, -0.1) is 0 Å². The smallest absolute Gasteiger partial charge is 0.129 e. The van der Waals surface area contributed by atoms with Gasteiger partial charge in [-0.1, -0.05) is 13.0 Å². The zero-order valence-electron chi connectivity index (χ0n) is 7.71. The summed E-state index contributed by atoms with van der Waals surface area (Å²) in [6.45, 7) is 2.65. The predicted molar refractivity (Wildman–Crippen MR) is 52.7 cm³/mol. The molecular formula is C10H14N2O. The lowest BCUT2D eigenvalue weighted by Crippen LogP contribution is -2.12. The van der Waals surface area contributed by atoms with Gasteiger partial charge in [0.2, 0.25) is 0 Å². The Bertz CT molecular complexity index is 336. The summed E-state index contributed by atoms with van der Waals surface area (Å²) < 4.78 is 5.51. The van der Waals surface area contributed by atoms with E-state index in [2.05, 4.69) is 6.92 Å². The molecule has 70 valence electrons. The summed E-state index contributed by atoms with van der Waals surface area (Å²) in [5.41, 5.74) is 14.6. The molecule has 1 aliphatic heterocycles. The molecule has 1 aromatic carbocycles. The number of hydrogen-bond donors (Lipinski definition) is 2. The minimum Gasteiger partial charge on any atom is -0.491 e. The van der Waals surface area contributed by atoms with Gasteiger partial charge in [-0.05, 0) is 18.1 Å². The molecule has 0 aromatic heterocycles. The Labute approximate surface area is 77.7 Å². The molecule has 0 spiro atoms. The lowest BCUT2D eigenvalue weighted by atomic mass is 10.0. The number of aryl methyl sites for hydroxylation is 1. The molecule has 4 N–H and O–H groups in total. The van der Waals surface area contributed by atoms with Gasteiger partial charge in [0.15, 0.2) is 0 Å². The van der Waals surface area contributed by atoms with Gasteiger partial charge in [0.05, 0.1) is 6.04 Å². The molecule has 3 nitrogen and oxygen atoms in total. The van der Waals surface area contributed by atoms with Gasteiger partial charge in [0, 0.05) is 11.3 Å². The molecular weight excluding hydrogens is 164 g/mol. The van der Waals surface area contributed by atoms with Gasteiger partial charge in [-0.25, -0.2) is 0 Å². The SMILES string of the molecule is CCc1ccc(N)c2c1OC[C@@H]2N. The standard InChI is InChI=1S/C10H14N2O/c1-2-6-3-4-7(11)9-8(12)5-13-10(6)9/h3-4,8H,2,5,11-12H2,1H3/t8-/m0/s1. The molecule has 0 amide bonds. The maximum atomic E-state index is 5.87. The van der Waals surface area contributed by atoms with Gasteiger partial charge < -0.3 is 16.2 Å². The molecule has 2 rings (SSSR count). The van der Waals surface area contributed by atoms with Crippen molar-refractivity contribution in [1.82, 2.24) is 0 Å². The maximum Gasteiger partial charge on any atom is 0.129 e. The van der Waals surface area contributed by atoms with Crippen LogP contribution < -0.4 is 16.2 Å². The minimum absolute atomic E-state index is 0.0542. The Balaban J connectivity index is 2.59. The zero-order chi connectivity index (χ0) is 9.42. The van der Waals surface area contributed by atoms with Crippen LogP contribution >= 0.6 is 0 Å². The number of anilines is 1. The molecule has 1 atom stereocenters. The van der Waals surface area contributed by atoms with Crippen LogP contribution in [-0.2, 0) is 6.42 Å².